The van der Waals surface area contributed by atoms with Gasteiger partial charge in [0.05, 0.1) is 6.54 Å². The summed E-state index contributed by atoms with van der Waals surface area (Å²) in [5.41, 5.74) is 0.403. The van der Waals surface area contributed by atoms with E-state index in [-0.39, 0.29) is 5.91 Å². The second kappa shape index (κ2) is 9.21. The highest BCUT2D eigenvalue weighted by molar-refractivity contribution is 5.92. The Bertz CT molecular complexity index is 981. The van der Waals surface area contributed by atoms with Gasteiger partial charge in [0.15, 0.2) is 5.82 Å². The Hall–Kier alpha value is -3.00. The second-order valence-electron chi connectivity index (χ2n) is 7.81. The third-order valence-corrected chi connectivity index (χ3v) is 5.63. The van der Waals surface area contributed by atoms with Gasteiger partial charge in [-0.15, -0.1) is 10.2 Å². The number of aryl methyl sites for hydroxylation is 1. The summed E-state index contributed by atoms with van der Waals surface area (Å²) in [5, 5.41) is 11.5. The van der Waals surface area contributed by atoms with Crippen LogP contribution in [0, 0.1) is 6.92 Å². The first-order chi connectivity index (χ1) is 14.6. The Morgan fingerprint density at radius 3 is 2.87 bits per heavy atom. The molecule has 1 aliphatic rings. The summed E-state index contributed by atoms with van der Waals surface area (Å²) in [5.74, 6) is 3.99. The molecule has 0 unspecified atom stereocenters. The highest BCUT2D eigenvalue weighted by Gasteiger charge is 2.20. The zero-order chi connectivity index (χ0) is 20.9. The monoisotopic (exact) mass is 408 g/mol. The smallest absolute Gasteiger partial charge is 0.270 e. The molecule has 0 saturated heterocycles. The number of amides is 1. The molecular formula is C22H28N6O2. The second-order valence-corrected chi connectivity index (χ2v) is 7.81. The van der Waals surface area contributed by atoms with E-state index in [4.69, 9.17) is 4.42 Å². The molecular weight excluding hydrogens is 380 g/mol. The van der Waals surface area contributed by atoms with E-state index in [2.05, 4.69) is 43.0 Å². The van der Waals surface area contributed by atoms with E-state index in [0.717, 1.165) is 62.2 Å². The van der Waals surface area contributed by atoms with E-state index < -0.39 is 0 Å². The predicted octanol–water partition coefficient (Wildman–Crippen LogP) is 2.56. The molecule has 158 valence electrons. The first-order valence-electron chi connectivity index (χ1n) is 10.5. The first kappa shape index (κ1) is 20.3. The lowest BCUT2D eigenvalue weighted by Crippen LogP contribution is -2.29. The van der Waals surface area contributed by atoms with E-state index in [1.54, 1.807) is 24.4 Å². The van der Waals surface area contributed by atoms with Gasteiger partial charge in [-0.05, 0) is 44.2 Å². The summed E-state index contributed by atoms with van der Waals surface area (Å²) >= 11 is 0. The zero-order valence-electron chi connectivity index (χ0n) is 17.5. The SMILES string of the molecule is Cc1ccc([C@@H](C)CCN2CCc3nnc(CNC(=O)c4ccccn4)n3CC2)o1. The highest BCUT2D eigenvalue weighted by Crippen LogP contribution is 2.22. The van der Waals surface area contributed by atoms with E-state index >= 15 is 0 Å². The number of carbonyl (C=O) groups excluding carboxylic acids is 1. The molecule has 8 nitrogen and oxygen atoms in total. The maximum Gasteiger partial charge on any atom is 0.270 e. The third kappa shape index (κ3) is 4.76. The average Bonchev–Trinajstić information content (AvgIpc) is 3.32. The molecule has 0 aliphatic carbocycles. The maximum absolute atomic E-state index is 12.2. The lowest BCUT2D eigenvalue weighted by Gasteiger charge is -2.21. The molecule has 0 bridgehead atoms. The van der Waals surface area contributed by atoms with Crippen LogP contribution < -0.4 is 5.32 Å². The number of nitrogens with zero attached hydrogens (tertiary/aromatic N) is 5. The number of aromatic nitrogens is 4. The quantitative estimate of drug-likeness (QED) is 0.646. The molecule has 0 fully saturated rings. The standard InChI is InChI=1S/C22H28N6O2/c1-16(19-7-6-17(2)30-19)8-11-27-12-9-20-25-26-21(28(20)14-13-27)15-24-22(29)18-5-3-4-10-23-18/h3-7,10,16H,8-9,11-15H2,1-2H3,(H,24,29)/t16-/m0/s1. The summed E-state index contributed by atoms with van der Waals surface area (Å²) in [6.07, 6.45) is 3.52. The molecule has 0 radical (unpaired) electrons. The predicted molar refractivity (Wildman–Crippen MR) is 112 cm³/mol. The number of furan rings is 1. The lowest BCUT2D eigenvalue weighted by molar-refractivity contribution is 0.0944. The maximum atomic E-state index is 12.2. The van der Waals surface area contributed by atoms with E-state index in [1.165, 1.54) is 0 Å². The van der Waals surface area contributed by atoms with Crippen molar-refractivity contribution in [1.82, 2.24) is 30.0 Å². The molecule has 1 atom stereocenters. The first-order valence-corrected chi connectivity index (χ1v) is 10.5. The summed E-state index contributed by atoms with van der Waals surface area (Å²) in [6.45, 7) is 8.29. The molecule has 4 rings (SSSR count). The van der Waals surface area contributed by atoms with Gasteiger partial charge in [-0.3, -0.25) is 9.78 Å². The van der Waals surface area contributed by atoms with Crippen molar-refractivity contribution in [2.75, 3.05) is 19.6 Å². The number of hydrogen-bond acceptors (Lipinski definition) is 6. The number of carbonyl (C=O) groups is 1. The van der Waals surface area contributed by atoms with E-state index in [9.17, 15) is 4.79 Å². The third-order valence-electron chi connectivity index (χ3n) is 5.63. The van der Waals surface area contributed by atoms with Crippen molar-refractivity contribution < 1.29 is 9.21 Å². The number of hydrogen-bond donors (Lipinski definition) is 1. The fourth-order valence-electron chi connectivity index (χ4n) is 3.76. The molecule has 3 aromatic rings. The Kier molecular flexibility index (Phi) is 6.23. The van der Waals surface area contributed by atoms with Crippen molar-refractivity contribution in [2.24, 2.45) is 0 Å². The Balaban J connectivity index is 1.30. The molecule has 1 aliphatic heterocycles. The highest BCUT2D eigenvalue weighted by atomic mass is 16.3. The van der Waals surface area contributed by atoms with Crippen LogP contribution >= 0.6 is 0 Å². The zero-order valence-corrected chi connectivity index (χ0v) is 17.5. The van der Waals surface area contributed by atoms with Gasteiger partial charge in [0.2, 0.25) is 0 Å². The van der Waals surface area contributed by atoms with Crippen molar-refractivity contribution >= 4 is 5.91 Å². The molecule has 3 aromatic heterocycles. The summed E-state index contributed by atoms with van der Waals surface area (Å²) in [7, 11) is 0. The Morgan fingerprint density at radius 1 is 1.20 bits per heavy atom. The van der Waals surface area contributed by atoms with E-state index in [0.29, 0.717) is 18.2 Å². The van der Waals surface area contributed by atoms with Crippen molar-refractivity contribution in [3.63, 3.8) is 0 Å². The minimum absolute atomic E-state index is 0.203. The normalized spacial score (nSPS) is 15.4. The van der Waals surface area contributed by atoms with Gasteiger partial charge in [-0.2, -0.15) is 0 Å². The summed E-state index contributed by atoms with van der Waals surface area (Å²) in [6, 6.07) is 9.39. The molecule has 8 heteroatoms. The van der Waals surface area contributed by atoms with Crippen LogP contribution in [-0.4, -0.2) is 50.2 Å². The minimum Gasteiger partial charge on any atom is -0.466 e. The fraction of sp³-hybridized carbons (Fsp3) is 0.455. The molecule has 4 heterocycles. The molecule has 0 spiro atoms. The van der Waals surface area contributed by atoms with Gasteiger partial charge >= 0.3 is 0 Å². The van der Waals surface area contributed by atoms with Gasteiger partial charge in [0, 0.05) is 38.2 Å². The fourth-order valence-corrected chi connectivity index (χ4v) is 3.76. The largest absolute Gasteiger partial charge is 0.466 e. The number of nitrogens with one attached hydrogen (secondary N) is 1. The van der Waals surface area contributed by atoms with Crippen LogP contribution in [0.4, 0.5) is 0 Å². The average molecular weight is 409 g/mol. The number of pyridine rings is 1. The van der Waals surface area contributed by atoms with Crippen molar-refractivity contribution in [2.45, 2.75) is 45.7 Å². The molecule has 0 saturated carbocycles. The van der Waals surface area contributed by atoms with Crippen molar-refractivity contribution in [3.05, 3.63) is 65.4 Å². The van der Waals surface area contributed by atoms with Crippen LogP contribution in [0.15, 0.2) is 40.9 Å². The summed E-state index contributed by atoms with van der Waals surface area (Å²) in [4.78, 5) is 18.8. The van der Waals surface area contributed by atoms with Crippen molar-refractivity contribution in [1.29, 1.82) is 0 Å². The van der Waals surface area contributed by atoms with E-state index in [1.807, 2.05) is 13.0 Å². The van der Waals surface area contributed by atoms with Crippen LogP contribution in [0.2, 0.25) is 0 Å². The number of fused-ring (bicyclic) bond motifs is 1. The van der Waals surface area contributed by atoms with Crippen LogP contribution in [0.5, 0.6) is 0 Å². The van der Waals surface area contributed by atoms with Gasteiger partial charge in [-0.1, -0.05) is 13.0 Å². The summed E-state index contributed by atoms with van der Waals surface area (Å²) < 4.78 is 7.90. The van der Waals surface area contributed by atoms with Gasteiger partial charge in [0.25, 0.3) is 5.91 Å². The van der Waals surface area contributed by atoms with Crippen LogP contribution in [-0.2, 0) is 19.5 Å². The molecule has 1 amide bonds. The van der Waals surface area contributed by atoms with Gasteiger partial charge in [0.1, 0.15) is 23.0 Å². The van der Waals surface area contributed by atoms with Gasteiger partial charge in [-0.25, -0.2) is 0 Å². The van der Waals surface area contributed by atoms with Crippen molar-refractivity contribution in [3.8, 4) is 0 Å². The van der Waals surface area contributed by atoms with Crippen LogP contribution in [0.3, 0.4) is 0 Å². The molecule has 30 heavy (non-hydrogen) atoms. The van der Waals surface area contributed by atoms with Crippen LogP contribution in [0.1, 0.15) is 52.9 Å². The Morgan fingerprint density at radius 2 is 2.10 bits per heavy atom. The van der Waals surface area contributed by atoms with Gasteiger partial charge < -0.3 is 19.2 Å². The molecule has 0 aromatic carbocycles. The Labute approximate surface area is 176 Å². The minimum atomic E-state index is -0.203. The topological polar surface area (TPSA) is 89.1 Å². The lowest BCUT2D eigenvalue weighted by atomic mass is 10.0. The van der Waals surface area contributed by atoms with Crippen LogP contribution in [0.25, 0.3) is 0 Å². The number of rotatable bonds is 7. The molecule has 1 N–H and O–H groups in total.